The first kappa shape index (κ1) is 26.1. The number of carboxylic acid groups (broad SMARTS) is 1. The normalized spacial score (nSPS) is 13.2. The van der Waals surface area contributed by atoms with Gasteiger partial charge in [-0.05, 0) is 58.5 Å². The summed E-state index contributed by atoms with van der Waals surface area (Å²) in [6.07, 6.45) is 3.72. The predicted octanol–water partition coefficient (Wildman–Crippen LogP) is 3.86. The topological polar surface area (TPSA) is 103 Å². The van der Waals surface area contributed by atoms with E-state index < -0.39 is 24.6 Å². The summed E-state index contributed by atoms with van der Waals surface area (Å²) < 4.78 is 19.7. The maximum absolute atomic E-state index is 13.6. The van der Waals surface area contributed by atoms with E-state index in [2.05, 4.69) is 4.98 Å². The number of hydrogen-bond donors (Lipinski definition) is 2. The van der Waals surface area contributed by atoms with Gasteiger partial charge in [0.25, 0.3) is 0 Å². The summed E-state index contributed by atoms with van der Waals surface area (Å²) in [6.45, 7) is 4.40. The van der Waals surface area contributed by atoms with Crippen LogP contribution in [-0.2, 0) is 11.4 Å². The molecule has 0 saturated heterocycles. The van der Waals surface area contributed by atoms with Gasteiger partial charge in [0.1, 0.15) is 18.2 Å². The average Bonchev–Trinajstić information content (AvgIpc) is 2.81. The molecule has 0 saturated carbocycles. The van der Waals surface area contributed by atoms with Crippen molar-refractivity contribution in [1.82, 2.24) is 4.98 Å². The van der Waals surface area contributed by atoms with E-state index in [1.54, 1.807) is 30.6 Å². The Balaban J connectivity index is 1.98. The van der Waals surface area contributed by atoms with Gasteiger partial charge in [0, 0.05) is 36.8 Å². The Kier molecular flexibility index (Phi) is 9.11. The van der Waals surface area contributed by atoms with Crippen LogP contribution in [0.1, 0.15) is 49.3 Å². The Bertz CT molecular complexity index is 1150. The average molecular weight is 479 g/mol. The number of hydrogen-bond acceptors (Lipinski definition) is 6. The van der Waals surface area contributed by atoms with E-state index in [0.717, 1.165) is 27.8 Å². The molecule has 0 aliphatic rings. The van der Waals surface area contributed by atoms with Gasteiger partial charge in [0.05, 0.1) is 12.2 Å². The van der Waals surface area contributed by atoms with Gasteiger partial charge in [-0.1, -0.05) is 44.2 Å². The molecule has 3 aromatic rings. The molecule has 0 amide bonds. The van der Waals surface area contributed by atoms with Crippen molar-refractivity contribution >= 4 is 12.0 Å². The van der Waals surface area contributed by atoms with Gasteiger partial charge in [0.15, 0.2) is 0 Å². The molecule has 0 radical (unpaired) electrons. The highest BCUT2D eigenvalue weighted by Gasteiger charge is 2.16. The number of halogens is 1. The number of ether oxygens (including phenoxy) is 1. The van der Waals surface area contributed by atoms with E-state index in [1.165, 1.54) is 18.2 Å². The molecule has 0 fully saturated rings. The fraction of sp³-hybridized carbons (Fsp3) is 0.286. The van der Waals surface area contributed by atoms with E-state index in [-0.39, 0.29) is 18.2 Å². The molecule has 0 aliphatic carbocycles. The molecule has 2 aromatic carbocycles. The van der Waals surface area contributed by atoms with E-state index in [9.17, 15) is 24.5 Å². The molecular weight excluding hydrogens is 449 g/mol. The van der Waals surface area contributed by atoms with E-state index >= 15 is 0 Å². The molecule has 7 heteroatoms. The number of aromatic nitrogens is 1. The van der Waals surface area contributed by atoms with Crippen LogP contribution < -0.4 is 9.84 Å². The lowest BCUT2D eigenvalue weighted by Crippen LogP contribution is -2.29. The number of carbonyl (C=O) groups is 1. The quantitative estimate of drug-likeness (QED) is 0.434. The lowest BCUT2D eigenvalue weighted by molar-refractivity contribution is -0.307. The molecule has 6 nitrogen and oxygen atoms in total. The van der Waals surface area contributed by atoms with Gasteiger partial charge in [-0.15, -0.1) is 0 Å². The number of carbonyl (C=O) groups excluding carboxylic acids is 1. The molecule has 0 bridgehead atoms. The molecule has 35 heavy (non-hydrogen) atoms. The van der Waals surface area contributed by atoms with E-state index in [0.29, 0.717) is 12.4 Å². The summed E-state index contributed by atoms with van der Waals surface area (Å²) in [6, 6.07) is 13.7. The molecule has 3 rings (SSSR count). The summed E-state index contributed by atoms with van der Waals surface area (Å²) in [4.78, 5) is 14.8. The first-order chi connectivity index (χ1) is 16.7. The third-order valence-electron chi connectivity index (χ3n) is 5.49. The Morgan fingerprint density at radius 1 is 1.17 bits per heavy atom. The van der Waals surface area contributed by atoms with E-state index in [4.69, 9.17) is 4.74 Å². The molecule has 2 N–H and O–H groups in total. The fourth-order valence-electron chi connectivity index (χ4n) is 3.75. The second-order valence-corrected chi connectivity index (χ2v) is 8.68. The second kappa shape index (κ2) is 12.2. The number of aliphatic carboxylic acids is 1. The zero-order valence-electron chi connectivity index (χ0n) is 19.7. The zero-order valence-corrected chi connectivity index (χ0v) is 19.7. The maximum atomic E-state index is 13.6. The van der Waals surface area contributed by atoms with Crippen LogP contribution in [0.5, 0.6) is 5.75 Å². The summed E-state index contributed by atoms with van der Waals surface area (Å²) >= 11 is 0. The van der Waals surface area contributed by atoms with E-state index in [1.807, 2.05) is 38.1 Å². The Labute approximate surface area is 204 Å². The van der Waals surface area contributed by atoms with Crippen LogP contribution in [0.25, 0.3) is 17.2 Å². The summed E-state index contributed by atoms with van der Waals surface area (Å²) in [5.74, 6) is -0.997. The minimum Gasteiger partial charge on any atom is -0.550 e. The van der Waals surface area contributed by atoms with Crippen molar-refractivity contribution in [3.8, 4) is 16.9 Å². The van der Waals surface area contributed by atoms with Crippen LogP contribution in [0.3, 0.4) is 0 Å². The fourth-order valence-corrected chi connectivity index (χ4v) is 3.75. The Morgan fingerprint density at radius 2 is 1.91 bits per heavy atom. The lowest BCUT2D eigenvalue weighted by atomic mass is 9.89. The molecule has 184 valence electrons. The van der Waals surface area contributed by atoms with Crippen molar-refractivity contribution in [3.05, 3.63) is 89.5 Å². The van der Waals surface area contributed by atoms with Crippen molar-refractivity contribution in [1.29, 1.82) is 0 Å². The van der Waals surface area contributed by atoms with Crippen molar-refractivity contribution < 1.29 is 29.2 Å². The van der Waals surface area contributed by atoms with Gasteiger partial charge in [-0.3, -0.25) is 4.98 Å². The second-order valence-electron chi connectivity index (χ2n) is 8.68. The minimum atomic E-state index is -1.38. The monoisotopic (exact) mass is 478 g/mol. The van der Waals surface area contributed by atoms with Crippen molar-refractivity contribution in [2.75, 3.05) is 0 Å². The smallest absolute Gasteiger partial charge is 0.123 e. The third-order valence-corrected chi connectivity index (χ3v) is 5.49. The maximum Gasteiger partial charge on any atom is 0.123 e. The highest BCUT2D eigenvalue weighted by atomic mass is 19.1. The largest absolute Gasteiger partial charge is 0.550 e. The molecule has 1 aromatic heterocycles. The molecular formula is C28H29FNO5-. The summed E-state index contributed by atoms with van der Waals surface area (Å²) in [5.41, 5.74) is 4.24. The highest BCUT2D eigenvalue weighted by molar-refractivity contribution is 5.79. The third kappa shape index (κ3) is 7.73. The van der Waals surface area contributed by atoms with Crippen LogP contribution in [-0.4, -0.2) is 33.4 Å². The SMILES string of the molecule is CC(C)c1cc(OCc2cccnc2)cc(-c2ccc(F)cc2)c1/C=C/C(O)CC(O)CC(=O)[O-]. The van der Waals surface area contributed by atoms with Crippen LogP contribution in [0.4, 0.5) is 4.39 Å². The molecule has 1 heterocycles. The standard InChI is InChI=1S/C28H30FNO5/c1-18(2)26-14-24(35-17-19-4-3-11-30-16-19)15-27(20-5-7-21(29)8-6-20)25(26)10-9-22(31)12-23(32)13-28(33)34/h3-11,14-16,18,22-23,31-32H,12-13,17H2,1-2H3,(H,33,34)/p-1/b10-9+. The Hall–Kier alpha value is -3.55. The minimum absolute atomic E-state index is 0.0941. The van der Waals surface area contributed by atoms with Gasteiger partial charge >= 0.3 is 0 Å². The predicted molar refractivity (Wildman–Crippen MR) is 130 cm³/mol. The number of benzene rings is 2. The summed E-state index contributed by atoms with van der Waals surface area (Å²) in [5, 5.41) is 30.8. The number of aliphatic hydroxyl groups is 2. The molecule has 2 atom stereocenters. The Morgan fingerprint density at radius 3 is 2.54 bits per heavy atom. The summed E-state index contributed by atoms with van der Waals surface area (Å²) in [7, 11) is 0. The van der Waals surface area contributed by atoms with Crippen LogP contribution in [0, 0.1) is 5.82 Å². The highest BCUT2D eigenvalue weighted by Crippen LogP contribution is 2.36. The molecule has 2 unspecified atom stereocenters. The first-order valence-electron chi connectivity index (χ1n) is 11.4. The number of pyridine rings is 1. The van der Waals surface area contributed by atoms with Crippen molar-refractivity contribution in [3.63, 3.8) is 0 Å². The van der Waals surface area contributed by atoms with Gasteiger partial charge < -0.3 is 24.9 Å². The zero-order chi connectivity index (χ0) is 25.4. The number of nitrogens with zero attached hydrogens (tertiary/aromatic N) is 1. The number of rotatable bonds is 11. The van der Waals surface area contributed by atoms with Crippen molar-refractivity contribution in [2.24, 2.45) is 0 Å². The van der Waals surface area contributed by atoms with Crippen molar-refractivity contribution in [2.45, 2.75) is 51.4 Å². The lowest BCUT2D eigenvalue weighted by Gasteiger charge is -2.19. The number of carboxylic acids is 1. The first-order valence-corrected chi connectivity index (χ1v) is 11.4. The molecule has 0 aliphatic heterocycles. The van der Waals surface area contributed by atoms with Gasteiger partial charge in [-0.2, -0.15) is 0 Å². The molecule has 0 spiro atoms. The van der Waals surface area contributed by atoms with Gasteiger partial charge in [0.2, 0.25) is 0 Å². The van der Waals surface area contributed by atoms with Crippen LogP contribution in [0.15, 0.2) is 67.0 Å². The van der Waals surface area contributed by atoms with Gasteiger partial charge in [-0.25, -0.2) is 4.39 Å². The number of aliphatic hydroxyl groups excluding tert-OH is 2. The van der Waals surface area contributed by atoms with Crippen LogP contribution >= 0.6 is 0 Å². The van der Waals surface area contributed by atoms with Crippen LogP contribution in [0.2, 0.25) is 0 Å².